The lowest BCUT2D eigenvalue weighted by molar-refractivity contribution is 0.0516. The van der Waals surface area contributed by atoms with Crippen LogP contribution in [0, 0.1) is 6.57 Å². The van der Waals surface area contributed by atoms with Gasteiger partial charge < -0.3 is 9.30 Å². The summed E-state index contributed by atoms with van der Waals surface area (Å²) in [6.07, 6.45) is 2.29. The first-order chi connectivity index (χ1) is 13.2. The van der Waals surface area contributed by atoms with Crippen LogP contribution in [-0.4, -0.2) is 38.4 Å². The van der Waals surface area contributed by atoms with Gasteiger partial charge in [0.1, 0.15) is 5.69 Å². The largest absolute Gasteiger partial charge is 0.461 e. The van der Waals surface area contributed by atoms with Crippen molar-refractivity contribution in [2.45, 2.75) is 26.7 Å². The van der Waals surface area contributed by atoms with Crippen LogP contribution < -0.4 is 4.72 Å². The van der Waals surface area contributed by atoms with E-state index in [4.69, 9.17) is 11.3 Å². The highest BCUT2D eigenvalue weighted by atomic mass is 32.2. The molecular formula is C20H25N3O4S. The Hall–Kier alpha value is -2.63. The van der Waals surface area contributed by atoms with E-state index >= 15 is 0 Å². The molecular weight excluding hydrogens is 378 g/mol. The molecule has 0 aliphatic rings. The lowest BCUT2D eigenvalue weighted by Crippen LogP contribution is -2.24. The first-order valence-electron chi connectivity index (χ1n) is 9.03. The number of nitrogens with one attached hydrogen (secondary N) is 1. The maximum atomic E-state index is 12.5. The smallest absolute Gasteiger partial charge is 0.354 e. The van der Waals surface area contributed by atoms with E-state index in [9.17, 15) is 13.2 Å². The van der Waals surface area contributed by atoms with Crippen LogP contribution in [0.4, 0.5) is 5.69 Å². The van der Waals surface area contributed by atoms with Crippen LogP contribution in [0.5, 0.6) is 0 Å². The molecule has 8 heteroatoms. The normalized spacial score (nSPS) is 11.2. The summed E-state index contributed by atoms with van der Waals surface area (Å²) in [7, 11) is -1.45. The number of ether oxygens (including phenoxy) is 1. The molecule has 0 fully saturated rings. The number of nitrogens with zero attached hydrogens (tertiary/aromatic N) is 2. The van der Waals surface area contributed by atoms with Gasteiger partial charge in [0.05, 0.1) is 19.4 Å². The molecule has 0 aliphatic carbocycles. The standard InChI is InChI=1S/C20H25N3O4S/c1-6-16-18(21-3)17(19(23(16)4)20(24)27-7-2)15-10-8-14(9-11-15)12-13-22-28(5,25)26/h8-11,22H,6-7,12-13H2,1-2,4-5H3. The predicted molar refractivity (Wildman–Crippen MR) is 109 cm³/mol. The van der Waals surface area contributed by atoms with Crippen molar-refractivity contribution in [2.75, 3.05) is 19.4 Å². The molecule has 1 aromatic carbocycles. The number of rotatable bonds is 8. The molecule has 28 heavy (non-hydrogen) atoms. The van der Waals surface area contributed by atoms with E-state index in [1.165, 1.54) is 0 Å². The quantitative estimate of drug-likeness (QED) is 0.542. The lowest BCUT2D eigenvalue weighted by atomic mass is 10.0. The van der Waals surface area contributed by atoms with Gasteiger partial charge in [-0.05, 0) is 30.9 Å². The summed E-state index contributed by atoms with van der Waals surface area (Å²) in [4.78, 5) is 16.2. The topological polar surface area (TPSA) is 81.8 Å². The number of hydrogen-bond donors (Lipinski definition) is 1. The summed E-state index contributed by atoms with van der Waals surface area (Å²) in [5, 5.41) is 0. The third-order valence-electron chi connectivity index (χ3n) is 4.42. The van der Waals surface area contributed by atoms with Gasteiger partial charge in [-0.15, -0.1) is 0 Å². The van der Waals surface area contributed by atoms with Gasteiger partial charge in [-0.25, -0.2) is 22.8 Å². The molecule has 1 heterocycles. The van der Waals surface area contributed by atoms with Crippen LogP contribution >= 0.6 is 0 Å². The van der Waals surface area contributed by atoms with Gasteiger partial charge >= 0.3 is 5.97 Å². The van der Waals surface area contributed by atoms with Crippen molar-refractivity contribution in [3.8, 4) is 11.1 Å². The zero-order chi connectivity index (χ0) is 20.9. The number of benzene rings is 1. The van der Waals surface area contributed by atoms with Crippen LogP contribution in [0.1, 0.15) is 35.6 Å². The Morgan fingerprint density at radius 3 is 2.39 bits per heavy atom. The summed E-state index contributed by atoms with van der Waals surface area (Å²) >= 11 is 0. The lowest BCUT2D eigenvalue weighted by Gasteiger charge is -2.09. The van der Waals surface area contributed by atoms with Crippen molar-refractivity contribution in [1.29, 1.82) is 0 Å². The van der Waals surface area contributed by atoms with Crippen molar-refractivity contribution in [1.82, 2.24) is 9.29 Å². The molecule has 0 saturated carbocycles. The number of esters is 1. The minimum absolute atomic E-state index is 0.255. The first kappa shape index (κ1) is 21.7. The highest BCUT2D eigenvalue weighted by molar-refractivity contribution is 7.88. The van der Waals surface area contributed by atoms with Crippen LogP contribution in [0.15, 0.2) is 24.3 Å². The summed E-state index contributed by atoms with van der Waals surface area (Å²) in [5.41, 5.74) is 3.90. The van der Waals surface area contributed by atoms with Gasteiger partial charge in [0.25, 0.3) is 0 Å². The van der Waals surface area contributed by atoms with Crippen molar-refractivity contribution < 1.29 is 17.9 Å². The number of hydrogen-bond acceptors (Lipinski definition) is 4. The highest BCUT2D eigenvalue weighted by Crippen LogP contribution is 2.39. The minimum Gasteiger partial charge on any atom is -0.461 e. The Kier molecular flexibility index (Phi) is 7.00. The first-order valence-corrected chi connectivity index (χ1v) is 10.9. The van der Waals surface area contributed by atoms with Gasteiger partial charge in [-0.3, -0.25) is 0 Å². The monoisotopic (exact) mass is 403 g/mol. The molecule has 1 N–H and O–H groups in total. The average Bonchev–Trinajstić information content (AvgIpc) is 2.93. The maximum absolute atomic E-state index is 12.5. The van der Waals surface area contributed by atoms with E-state index in [2.05, 4.69) is 9.57 Å². The molecule has 0 spiro atoms. The second kappa shape index (κ2) is 9.04. The fourth-order valence-corrected chi connectivity index (χ4v) is 3.65. The second-order valence-corrected chi connectivity index (χ2v) is 8.21. The molecule has 1 aromatic heterocycles. The van der Waals surface area contributed by atoms with E-state index in [-0.39, 0.29) is 6.61 Å². The maximum Gasteiger partial charge on any atom is 0.354 e. The van der Waals surface area contributed by atoms with Gasteiger partial charge in [0.2, 0.25) is 15.7 Å². The molecule has 7 nitrogen and oxygen atoms in total. The summed E-state index contributed by atoms with van der Waals surface area (Å²) in [5.74, 6) is -0.453. The minimum atomic E-state index is -3.22. The van der Waals surface area contributed by atoms with Crippen LogP contribution in [0.3, 0.4) is 0 Å². The second-order valence-electron chi connectivity index (χ2n) is 6.38. The zero-order valence-corrected chi connectivity index (χ0v) is 17.4. The average molecular weight is 404 g/mol. The summed E-state index contributed by atoms with van der Waals surface area (Å²) < 4.78 is 31.7. The molecule has 0 aliphatic heterocycles. The van der Waals surface area contributed by atoms with Crippen LogP contribution in [0.2, 0.25) is 0 Å². The fraction of sp³-hybridized carbons (Fsp3) is 0.400. The zero-order valence-electron chi connectivity index (χ0n) is 16.6. The molecule has 0 unspecified atom stereocenters. The third-order valence-corrected chi connectivity index (χ3v) is 5.15. The van der Waals surface area contributed by atoms with E-state index in [0.717, 1.165) is 23.1 Å². The SMILES string of the molecule is [C-]#[N+]c1c(-c2ccc(CCNS(C)(=O)=O)cc2)c(C(=O)OCC)n(C)c1CC. The van der Waals surface area contributed by atoms with E-state index in [1.807, 2.05) is 31.2 Å². The molecule has 0 bridgehead atoms. The van der Waals surface area contributed by atoms with Crippen molar-refractivity contribution in [3.63, 3.8) is 0 Å². The number of carbonyl (C=O) groups excluding carboxylic acids is 1. The van der Waals surface area contributed by atoms with Gasteiger partial charge in [0.15, 0.2) is 0 Å². The molecule has 0 radical (unpaired) electrons. The number of sulfonamides is 1. The molecule has 0 amide bonds. The van der Waals surface area contributed by atoms with Crippen LogP contribution in [-0.2, 0) is 34.6 Å². The predicted octanol–water partition coefficient (Wildman–Crippen LogP) is 3.07. The van der Waals surface area contributed by atoms with Crippen molar-refractivity contribution in [3.05, 3.63) is 52.6 Å². The number of aromatic nitrogens is 1. The van der Waals surface area contributed by atoms with Crippen molar-refractivity contribution >= 4 is 21.7 Å². The molecule has 0 atom stereocenters. The van der Waals surface area contributed by atoms with Crippen LogP contribution in [0.25, 0.3) is 16.0 Å². The molecule has 150 valence electrons. The fourth-order valence-electron chi connectivity index (χ4n) is 3.17. The molecule has 0 saturated heterocycles. The van der Waals surface area contributed by atoms with Crippen molar-refractivity contribution in [2.24, 2.45) is 7.05 Å². The summed E-state index contributed by atoms with van der Waals surface area (Å²) in [6.45, 7) is 11.9. The Morgan fingerprint density at radius 1 is 1.25 bits per heavy atom. The third kappa shape index (κ3) is 4.80. The Bertz CT molecular complexity index is 1000. The summed E-state index contributed by atoms with van der Waals surface area (Å²) in [6, 6.07) is 7.45. The van der Waals surface area contributed by atoms with Gasteiger partial charge in [-0.1, -0.05) is 31.2 Å². The molecule has 2 rings (SSSR count). The van der Waals surface area contributed by atoms with Gasteiger partial charge in [-0.2, -0.15) is 0 Å². The van der Waals surface area contributed by atoms with E-state index in [0.29, 0.717) is 36.3 Å². The van der Waals surface area contributed by atoms with E-state index in [1.54, 1.807) is 18.5 Å². The highest BCUT2D eigenvalue weighted by Gasteiger charge is 2.26. The number of carbonyl (C=O) groups is 1. The van der Waals surface area contributed by atoms with E-state index < -0.39 is 16.0 Å². The Morgan fingerprint density at radius 2 is 1.89 bits per heavy atom. The Labute approximate surface area is 166 Å². The molecule has 2 aromatic rings. The Balaban J connectivity index is 2.43. The van der Waals surface area contributed by atoms with Gasteiger partial charge in [0, 0.05) is 24.8 Å².